The molecule has 8 aromatic rings. The Kier molecular flexibility index (Phi) is 30.1. The predicted molar refractivity (Wildman–Crippen MR) is 326 cm³/mol. The molecule has 0 saturated heterocycles. The van der Waals surface area contributed by atoms with Crippen molar-refractivity contribution in [3.8, 4) is 23.0 Å². The molecular weight excluding hydrogens is 1070 g/mol. The fourth-order valence-corrected chi connectivity index (χ4v) is 8.78. The Morgan fingerprint density at radius 3 is 0.880 bits per heavy atom. The van der Waals surface area contributed by atoms with E-state index in [1.54, 1.807) is 74.2 Å². The smallest absolute Gasteiger partial charge is 0.120 e. The molecule has 0 saturated carbocycles. The Balaban J connectivity index is 0.000000203. The van der Waals surface area contributed by atoms with Gasteiger partial charge in [-0.3, -0.25) is 39.5 Å². The van der Waals surface area contributed by atoms with E-state index < -0.39 is 18.3 Å². The lowest BCUT2D eigenvalue weighted by atomic mass is 10.1. The number of aliphatic hydroxyl groups excluding tert-OH is 4. The standard InChI is InChI=1S/C17H22N2O2.C16H19ClN2O2.C16H21N3O2.C16H20N2O2/c1-2-16(20)13-19(12-15-8-5-6-10-18-15)11-14-7-3-4-9-17(14)21;2*17-9-15(20)12-19(11-14-6-3-4-8-18-14)10-13-5-1-2-7-16(13)21;1-13(19)10-18(12-15-7-4-5-9-17-15)11-14-6-2-3-8-16(14)20/h3-10,16,20-21H,2,11-13H2,1H3;1-8,15,20-21H,9-12H2;1-8,15,20-21H,9-12,17H2;2-9,13,19-20H,10-12H2,1H3. The number of benzene rings is 4. The molecule has 8 rings (SSSR count). The summed E-state index contributed by atoms with van der Waals surface area (Å²) in [4.78, 5) is 25.4. The zero-order chi connectivity index (χ0) is 59.6. The molecule has 4 heterocycles. The van der Waals surface area contributed by atoms with Crippen LogP contribution in [-0.4, -0.2) is 143 Å². The molecule has 18 heteroatoms. The van der Waals surface area contributed by atoms with Gasteiger partial charge in [-0.1, -0.05) is 104 Å². The molecule has 0 radical (unpaired) electrons. The summed E-state index contributed by atoms with van der Waals surface area (Å²) in [5, 5.41) is 78.7. The van der Waals surface area contributed by atoms with Crippen LogP contribution >= 0.6 is 11.6 Å². The number of phenolic OH excluding ortho intramolecular Hbond substituents is 4. The van der Waals surface area contributed by atoms with Crippen molar-refractivity contribution in [1.29, 1.82) is 0 Å². The molecular formula is C65H82ClN9O8. The van der Waals surface area contributed by atoms with E-state index in [1.807, 2.05) is 144 Å². The number of aromatic nitrogens is 4. The van der Waals surface area contributed by atoms with Crippen LogP contribution in [0, 0.1) is 0 Å². The first-order valence-corrected chi connectivity index (χ1v) is 28.3. The maximum absolute atomic E-state index is 9.93. The average Bonchev–Trinajstić information content (AvgIpc) is 3.51. The molecule has 4 aromatic heterocycles. The van der Waals surface area contributed by atoms with Crippen molar-refractivity contribution in [3.05, 3.63) is 240 Å². The van der Waals surface area contributed by atoms with Crippen LogP contribution in [0.2, 0.25) is 0 Å². The van der Waals surface area contributed by atoms with E-state index in [4.69, 9.17) is 17.3 Å². The highest BCUT2D eigenvalue weighted by Crippen LogP contribution is 2.23. The molecule has 4 unspecified atom stereocenters. The number of aromatic hydroxyl groups is 4. The fourth-order valence-electron chi connectivity index (χ4n) is 8.68. The highest BCUT2D eigenvalue weighted by atomic mass is 35.5. The van der Waals surface area contributed by atoms with E-state index in [2.05, 4.69) is 29.7 Å². The number of aliphatic hydroxyl groups is 4. The van der Waals surface area contributed by atoms with Crippen molar-refractivity contribution in [2.45, 2.75) is 97.0 Å². The fraction of sp³-hybridized carbons (Fsp3) is 0.323. The quantitative estimate of drug-likeness (QED) is 0.0220. The molecule has 10 N–H and O–H groups in total. The van der Waals surface area contributed by atoms with E-state index in [1.165, 1.54) is 0 Å². The topological polar surface area (TPSA) is 252 Å². The summed E-state index contributed by atoms with van der Waals surface area (Å²) in [5.41, 5.74) is 12.6. The van der Waals surface area contributed by atoms with Gasteiger partial charge in [0.15, 0.2) is 0 Å². The summed E-state index contributed by atoms with van der Waals surface area (Å²) in [5.74, 6) is 1.26. The second-order valence-electron chi connectivity index (χ2n) is 20.1. The van der Waals surface area contributed by atoms with Gasteiger partial charge in [0, 0.05) is 138 Å². The Hall–Kier alpha value is -7.39. The number of rotatable bonds is 27. The zero-order valence-electron chi connectivity index (χ0n) is 47.5. The number of hydrogen-bond acceptors (Lipinski definition) is 17. The molecule has 0 bridgehead atoms. The van der Waals surface area contributed by atoms with Gasteiger partial charge < -0.3 is 46.6 Å². The Labute approximate surface area is 493 Å². The number of nitrogens with zero attached hydrogens (tertiary/aromatic N) is 8. The number of para-hydroxylation sites is 4. The van der Waals surface area contributed by atoms with E-state index in [0.717, 1.165) is 45.0 Å². The third-order valence-electron chi connectivity index (χ3n) is 12.8. The summed E-state index contributed by atoms with van der Waals surface area (Å²) < 4.78 is 0. The number of alkyl halides is 1. The van der Waals surface area contributed by atoms with Gasteiger partial charge in [0.2, 0.25) is 0 Å². The number of phenols is 4. The average molecular weight is 1150 g/mol. The Morgan fingerprint density at radius 2 is 0.639 bits per heavy atom. The van der Waals surface area contributed by atoms with Crippen LogP contribution in [0.15, 0.2) is 195 Å². The van der Waals surface area contributed by atoms with Crippen molar-refractivity contribution in [2.75, 3.05) is 38.6 Å². The minimum Gasteiger partial charge on any atom is -0.508 e. The molecule has 442 valence electrons. The van der Waals surface area contributed by atoms with Gasteiger partial charge in [0.05, 0.1) is 47.2 Å². The normalized spacial score (nSPS) is 12.5. The van der Waals surface area contributed by atoms with E-state index >= 15 is 0 Å². The lowest BCUT2D eigenvalue weighted by Crippen LogP contribution is -2.36. The lowest BCUT2D eigenvalue weighted by molar-refractivity contribution is 0.100. The van der Waals surface area contributed by atoms with E-state index in [-0.39, 0.29) is 41.5 Å². The zero-order valence-corrected chi connectivity index (χ0v) is 48.3. The maximum atomic E-state index is 9.93. The minimum atomic E-state index is -0.610. The van der Waals surface area contributed by atoms with Crippen molar-refractivity contribution in [3.63, 3.8) is 0 Å². The largest absolute Gasteiger partial charge is 0.508 e. The molecule has 0 aliphatic rings. The molecule has 0 aliphatic heterocycles. The molecule has 0 amide bonds. The third kappa shape index (κ3) is 26.2. The monoisotopic (exact) mass is 1150 g/mol. The first-order valence-electron chi connectivity index (χ1n) is 27.8. The van der Waals surface area contributed by atoms with Crippen molar-refractivity contribution in [1.82, 2.24) is 39.5 Å². The van der Waals surface area contributed by atoms with Gasteiger partial charge in [0.1, 0.15) is 23.0 Å². The molecule has 83 heavy (non-hydrogen) atoms. The van der Waals surface area contributed by atoms with Crippen LogP contribution in [0.4, 0.5) is 0 Å². The molecule has 17 nitrogen and oxygen atoms in total. The summed E-state index contributed by atoms with van der Waals surface area (Å²) in [6.07, 6.45) is 5.71. The molecule has 4 aromatic carbocycles. The summed E-state index contributed by atoms with van der Waals surface area (Å²) in [6.45, 7) is 10.6. The van der Waals surface area contributed by atoms with Crippen LogP contribution in [0.3, 0.4) is 0 Å². The Morgan fingerprint density at radius 1 is 0.373 bits per heavy atom. The first kappa shape index (κ1) is 66.4. The highest BCUT2D eigenvalue weighted by Gasteiger charge is 2.18. The van der Waals surface area contributed by atoms with Gasteiger partial charge in [-0.05, 0) is 86.1 Å². The maximum Gasteiger partial charge on any atom is 0.120 e. The Bertz CT molecular complexity index is 2740. The van der Waals surface area contributed by atoms with Crippen LogP contribution < -0.4 is 5.73 Å². The van der Waals surface area contributed by atoms with Crippen molar-refractivity contribution in [2.24, 2.45) is 5.73 Å². The SMILES string of the molecule is CC(O)CN(Cc1ccccn1)Cc1ccccc1O.CCC(O)CN(Cc1ccccn1)Cc1ccccc1O.NCC(O)CN(Cc1ccccn1)Cc1ccccc1O.Oc1ccccc1CN(Cc1ccccn1)CC(O)CCl. The van der Waals surface area contributed by atoms with Gasteiger partial charge in [-0.25, -0.2) is 0 Å². The summed E-state index contributed by atoms with van der Waals surface area (Å²) >= 11 is 5.69. The summed E-state index contributed by atoms with van der Waals surface area (Å²) in [6, 6.07) is 52.0. The predicted octanol–water partition coefficient (Wildman–Crippen LogP) is 8.23. The van der Waals surface area contributed by atoms with Crippen LogP contribution in [0.1, 0.15) is 65.3 Å². The van der Waals surface area contributed by atoms with E-state index in [9.17, 15) is 40.9 Å². The van der Waals surface area contributed by atoms with Crippen molar-refractivity contribution < 1.29 is 40.9 Å². The molecule has 0 spiro atoms. The van der Waals surface area contributed by atoms with Crippen LogP contribution in [0.5, 0.6) is 23.0 Å². The molecule has 4 atom stereocenters. The second kappa shape index (κ2) is 37.7. The number of nitrogens with two attached hydrogens (primary N) is 1. The van der Waals surface area contributed by atoms with Gasteiger partial charge in [0.25, 0.3) is 0 Å². The van der Waals surface area contributed by atoms with Gasteiger partial charge >= 0.3 is 0 Å². The van der Waals surface area contributed by atoms with Crippen molar-refractivity contribution >= 4 is 11.6 Å². The summed E-state index contributed by atoms with van der Waals surface area (Å²) in [7, 11) is 0. The third-order valence-corrected chi connectivity index (χ3v) is 13.2. The highest BCUT2D eigenvalue weighted by molar-refractivity contribution is 6.18. The molecule has 0 fully saturated rings. The number of hydrogen-bond donors (Lipinski definition) is 9. The van der Waals surface area contributed by atoms with Crippen LogP contribution in [0.25, 0.3) is 0 Å². The lowest BCUT2D eigenvalue weighted by Gasteiger charge is -2.24. The van der Waals surface area contributed by atoms with Gasteiger partial charge in [-0.15, -0.1) is 11.6 Å². The molecule has 0 aliphatic carbocycles. The second-order valence-corrected chi connectivity index (χ2v) is 20.4. The van der Waals surface area contributed by atoms with Crippen LogP contribution in [-0.2, 0) is 52.4 Å². The number of halogens is 1. The van der Waals surface area contributed by atoms with E-state index in [0.29, 0.717) is 85.0 Å². The number of pyridine rings is 4. The first-order chi connectivity index (χ1) is 40.2. The minimum absolute atomic E-state index is 0.180. The van der Waals surface area contributed by atoms with Gasteiger partial charge in [-0.2, -0.15) is 0 Å².